The maximum atomic E-state index is 12.5. The predicted octanol–water partition coefficient (Wildman–Crippen LogP) is 0.974. The van der Waals surface area contributed by atoms with Crippen LogP contribution in [0.25, 0.3) is 0 Å². The predicted molar refractivity (Wildman–Crippen MR) is 35.9 cm³/mol. The second-order valence-electron chi connectivity index (χ2n) is 2.72. The van der Waals surface area contributed by atoms with Crippen molar-refractivity contribution in [2.45, 2.75) is 24.9 Å². The maximum Gasteiger partial charge on any atom is 0.334 e. The minimum Gasteiger partial charge on any atom is -0.467 e. The fourth-order valence-electron chi connectivity index (χ4n) is 1.04. The molecule has 0 bridgehead atoms. The fourth-order valence-corrected chi connectivity index (χ4v) is 1.04. The first-order valence-electron chi connectivity index (χ1n) is 3.62. The van der Waals surface area contributed by atoms with Crippen molar-refractivity contribution < 1.29 is 23.0 Å². The Morgan fingerprint density at radius 1 is 1.67 bits per heavy atom. The molecule has 0 N–H and O–H groups in total. The number of alkyl halides is 2. The Hall–Kier alpha value is -0.710. The van der Waals surface area contributed by atoms with Crippen molar-refractivity contribution in [3.63, 3.8) is 0 Å². The van der Waals surface area contributed by atoms with Crippen molar-refractivity contribution in [2.75, 3.05) is 13.7 Å². The van der Waals surface area contributed by atoms with E-state index >= 15 is 0 Å². The van der Waals surface area contributed by atoms with Crippen LogP contribution in [0.3, 0.4) is 0 Å². The van der Waals surface area contributed by atoms with Gasteiger partial charge in [0.25, 0.3) is 5.92 Å². The molecule has 0 aromatic rings. The summed E-state index contributed by atoms with van der Waals surface area (Å²) in [6.45, 7) is -0.688. The Balaban J connectivity index is 2.41. The van der Waals surface area contributed by atoms with Crippen LogP contribution in [0.15, 0.2) is 0 Å². The first-order chi connectivity index (χ1) is 5.55. The maximum absolute atomic E-state index is 12.5. The molecule has 3 nitrogen and oxygen atoms in total. The highest BCUT2D eigenvalue weighted by atomic mass is 19.3. The molecule has 70 valence electrons. The lowest BCUT2D eigenvalue weighted by Gasteiger charge is -2.26. The Kier molecular flexibility index (Phi) is 2.62. The molecule has 1 rings (SSSR count). The van der Waals surface area contributed by atoms with E-state index in [1.165, 1.54) is 7.11 Å². The van der Waals surface area contributed by atoms with Crippen molar-refractivity contribution in [3.05, 3.63) is 0 Å². The van der Waals surface area contributed by atoms with E-state index in [-0.39, 0.29) is 12.8 Å². The van der Waals surface area contributed by atoms with E-state index in [9.17, 15) is 13.6 Å². The van der Waals surface area contributed by atoms with Crippen molar-refractivity contribution in [1.29, 1.82) is 0 Å². The molecular weight excluding hydrogens is 170 g/mol. The molecule has 1 fully saturated rings. The number of ether oxygens (including phenoxy) is 2. The molecule has 0 saturated carbocycles. The number of carbonyl (C=O) groups excluding carboxylic acids is 1. The zero-order valence-corrected chi connectivity index (χ0v) is 6.68. The van der Waals surface area contributed by atoms with Crippen molar-refractivity contribution in [2.24, 2.45) is 0 Å². The summed E-state index contributed by atoms with van der Waals surface area (Å²) in [5.74, 6) is -3.37. The molecule has 1 aliphatic heterocycles. The number of esters is 1. The quantitative estimate of drug-likeness (QED) is 0.564. The topological polar surface area (TPSA) is 35.5 Å². The third-order valence-corrected chi connectivity index (χ3v) is 1.73. The van der Waals surface area contributed by atoms with E-state index in [1.54, 1.807) is 0 Å². The molecular formula is C7H10F2O3. The molecule has 0 aromatic carbocycles. The Morgan fingerprint density at radius 3 is 2.75 bits per heavy atom. The van der Waals surface area contributed by atoms with Gasteiger partial charge < -0.3 is 9.47 Å². The molecule has 0 unspecified atom stereocenters. The van der Waals surface area contributed by atoms with Crippen LogP contribution >= 0.6 is 0 Å². The van der Waals surface area contributed by atoms with Gasteiger partial charge in [-0.3, -0.25) is 0 Å². The van der Waals surface area contributed by atoms with E-state index in [0.29, 0.717) is 0 Å². The molecule has 5 heteroatoms. The summed E-state index contributed by atoms with van der Waals surface area (Å²) in [4.78, 5) is 10.8. The molecule has 0 spiro atoms. The van der Waals surface area contributed by atoms with Crippen molar-refractivity contribution in [1.82, 2.24) is 0 Å². The number of carbonyl (C=O) groups is 1. The highest BCUT2D eigenvalue weighted by Gasteiger charge is 2.38. The highest BCUT2D eigenvalue weighted by Crippen LogP contribution is 2.28. The van der Waals surface area contributed by atoms with Gasteiger partial charge in [-0.05, 0) is 6.42 Å². The molecule has 0 aliphatic carbocycles. The largest absolute Gasteiger partial charge is 0.467 e. The zero-order valence-electron chi connectivity index (χ0n) is 6.68. The van der Waals surface area contributed by atoms with Crippen LogP contribution < -0.4 is 0 Å². The summed E-state index contributed by atoms with van der Waals surface area (Å²) in [5.41, 5.74) is 0. The lowest BCUT2D eigenvalue weighted by Crippen LogP contribution is -2.39. The van der Waals surface area contributed by atoms with Crippen LogP contribution in [0.2, 0.25) is 0 Å². The number of halogens is 2. The fraction of sp³-hybridized carbons (Fsp3) is 0.857. The van der Waals surface area contributed by atoms with E-state index in [0.717, 1.165) is 0 Å². The van der Waals surface area contributed by atoms with Crippen LogP contribution in [0, 0.1) is 0 Å². The summed E-state index contributed by atoms with van der Waals surface area (Å²) < 4.78 is 33.9. The second-order valence-corrected chi connectivity index (χ2v) is 2.72. The number of hydrogen-bond acceptors (Lipinski definition) is 3. The van der Waals surface area contributed by atoms with E-state index in [2.05, 4.69) is 9.47 Å². The van der Waals surface area contributed by atoms with Gasteiger partial charge in [-0.1, -0.05) is 0 Å². The van der Waals surface area contributed by atoms with Crippen LogP contribution in [0.1, 0.15) is 12.8 Å². The summed E-state index contributed by atoms with van der Waals surface area (Å²) in [6.07, 6.45) is -1.10. The highest BCUT2D eigenvalue weighted by molar-refractivity contribution is 5.74. The van der Waals surface area contributed by atoms with Gasteiger partial charge in [0.15, 0.2) is 6.10 Å². The van der Waals surface area contributed by atoms with Gasteiger partial charge >= 0.3 is 5.97 Å². The van der Waals surface area contributed by atoms with Gasteiger partial charge in [-0.25, -0.2) is 13.6 Å². The molecule has 0 radical (unpaired) electrons. The van der Waals surface area contributed by atoms with Crippen LogP contribution in [-0.4, -0.2) is 31.7 Å². The van der Waals surface area contributed by atoms with Crippen LogP contribution in [0.5, 0.6) is 0 Å². The smallest absolute Gasteiger partial charge is 0.334 e. The van der Waals surface area contributed by atoms with E-state index < -0.39 is 24.6 Å². The SMILES string of the molecule is COC(=O)[C@@H]1CCC(F)(F)CO1. The van der Waals surface area contributed by atoms with Crippen molar-refractivity contribution in [3.8, 4) is 0 Å². The standard InChI is InChI=1S/C7H10F2O3/c1-11-6(10)5-2-3-7(8,9)4-12-5/h5H,2-4H2,1H3/t5-/m0/s1. The monoisotopic (exact) mass is 180 g/mol. The minimum absolute atomic E-state index is 0.0275. The number of rotatable bonds is 1. The first kappa shape index (κ1) is 9.38. The molecule has 1 saturated heterocycles. The lowest BCUT2D eigenvalue weighted by molar-refractivity contribution is -0.177. The molecule has 1 heterocycles. The summed E-state index contributed by atoms with van der Waals surface area (Å²) in [6, 6.07) is 0. The summed E-state index contributed by atoms with van der Waals surface area (Å²) >= 11 is 0. The normalized spacial score (nSPS) is 28.1. The Labute approximate surface area is 68.6 Å². The Bertz CT molecular complexity index is 171. The summed E-state index contributed by atoms with van der Waals surface area (Å²) in [5, 5.41) is 0. The second kappa shape index (κ2) is 3.35. The van der Waals surface area contributed by atoms with Gasteiger partial charge in [0.1, 0.15) is 6.61 Å². The van der Waals surface area contributed by atoms with Gasteiger partial charge in [-0.15, -0.1) is 0 Å². The lowest BCUT2D eigenvalue weighted by atomic mass is 10.1. The van der Waals surface area contributed by atoms with E-state index in [1.807, 2.05) is 0 Å². The molecule has 0 amide bonds. The molecule has 0 aromatic heterocycles. The number of hydrogen-bond donors (Lipinski definition) is 0. The zero-order chi connectivity index (χ0) is 9.19. The van der Waals surface area contributed by atoms with E-state index in [4.69, 9.17) is 0 Å². The average Bonchev–Trinajstić information content (AvgIpc) is 2.03. The number of methoxy groups -OCH3 is 1. The van der Waals surface area contributed by atoms with Gasteiger partial charge in [-0.2, -0.15) is 0 Å². The third kappa shape index (κ3) is 2.14. The average molecular weight is 180 g/mol. The first-order valence-corrected chi connectivity index (χ1v) is 3.62. The van der Waals surface area contributed by atoms with Crippen molar-refractivity contribution >= 4 is 5.97 Å². The van der Waals surface area contributed by atoms with Crippen LogP contribution in [-0.2, 0) is 14.3 Å². The van der Waals surface area contributed by atoms with Gasteiger partial charge in [0, 0.05) is 6.42 Å². The molecule has 1 aliphatic rings. The third-order valence-electron chi connectivity index (χ3n) is 1.73. The van der Waals surface area contributed by atoms with Gasteiger partial charge in [0.2, 0.25) is 0 Å². The van der Waals surface area contributed by atoms with Gasteiger partial charge in [0.05, 0.1) is 7.11 Å². The summed E-state index contributed by atoms with van der Waals surface area (Å²) in [7, 11) is 1.21. The van der Waals surface area contributed by atoms with Crippen LogP contribution in [0.4, 0.5) is 8.78 Å². The molecule has 12 heavy (non-hydrogen) atoms. The Morgan fingerprint density at radius 2 is 2.33 bits per heavy atom. The molecule has 1 atom stereocenters. The minimum atomic E-state index is -2.79.